The molecule has 4 nitrogen and oxygen atoms in total. The summed E-state index contributed by atoms with van der Waals surface area (Å²) in [5.41, 5.74) is 0. The van der Waals surface area contributed by atoms with E-state index in [-0.39, 0.29) is 42.6 Å². The van der Waals surface area contributed by atoms with E-state index in [1.807, 2.05) is 0 Å². The summed E-state index contributed by atoms with van der Waals surface area (Å²) >= 11 is 0. The van der Waals surface area contributed by atoms with Gasteiger partial charge in [0.05, 0.1) is 0 Å². The van der Waals surface area contributed by atoms with Crippen LogP contribution in [0.4, 0.5) is 17.6 Å². The topological polar surface area (TPSA) is 89.3 Å². The summed E-state index contributed by atoms with van der Waals surface area (Å²) in [6.07, 6.45) is -2.58. The van der Waals surface area contributed by atoms with E-state index in [0.29, 0.717) is 11.8 Å². The highest BCUT2D eigenvalue weighted by Crippen LogP contribution is 2.44. The number of carbonyl (C=O) groups excluding carboxylic acids is 1. The first-order valence-corrected chi connectivity index (χ1v) is 10.5. The van der Waals surface area contributed by atoms with Crippen LogP contribution in [0.25, 0.3) is 0 Å². The minimum absolute atomic E-state index is 0. The summed E-state index contributed by atoms with van der Waals surface area (Å²) in [4.78, 5) is 12.4. The summed E-state index contributed by atoms with van der Waals surface area (Å²) in [6.45, 7) is 3.69. The fourth-order valence-corrected chi connectivity index (χ4v) is 5.23. The first-order valence-electron chi connectivity index (χ1n) is 10.5. The van der Waals surface area contributed by atoms with Crippen molar-refractivity contribution in [2.24, 2.45) is 29.6 Å². The zero-order valence-electron chi connectivity index (χ0n) is 17.3. The van der Waals surface area contributed by atoms with Crippen LogP contribution in [0.3, 0.4) is 0 Å². The number of ether oxygens (including phenoxy) is 1. The highest BCUT2D eigenvalue weighted by molar-refractivity contribution is 5.74. The molecule has 3 aliphatic carbocycles. The van der Waals surface area contributed by atoms with Crippen LogP contribution in [-0.4, -0.2) is 47.7 Å². The third kappa shape index (κ3) is 6.06. The van der Waals surface area contributed by atoms with E-state index in [4.69, 9.17) is 4.74 Å². The number of carbonyl (C=O) groups is 1. The zero-order chi connectivity index (χ0) is 19.7. The van der Waals surface area contributed by atoms with Crippen LogP contribution in [0.5, 0.6) is 0 Å². The molecule has 3 saturated carbocycles. The molecule has 0 heterocycles. The fraction of sp³-hybridized carbons (Fsp3) is 0.952. The minimum Gasteiger partial charge on any atom is -0.462 e. The van der Waals surface area contributed by atoms with Gasteiger partial charge in [0.15, 0.2) is 0 Å². The van der Waals surface area contributed by atoms with Gasteiger partial charge in [0, 0.05) is 18.8 Å². The maximum Gasteiger partial charge on any atom is 0.315 e. The van der Waals surface area contributed by atoms with Gasteiger partial charge in [0.1, 0.15) is 36.7 Å². The normalized spacial score (nSPS) is 45.4. The third-order valence-electron chi connectivity index (χ3n) is 7.23. The number of esters is 1. The van der Waals surface area contributed by atoms with Crippen LogP contribution in [0.1, 0.15) is 65.2 Å². The molecule has 3 rings (SSSR count). The van der Waals surface area contributed by atoms with Gasteiger partial charge in [0.2, 0.25) is 0 Å². The number of halogens is 4. The van der Waals surface area contributed by atoms with E-state index in [2.05, 4.69) is 6.92 Å². The Kier molecular flexibility index (Phi) is 9.86. The van der Waals surface area contributed by atoms with E-state index >= 15 is 0 Å². The highest BCUT2D eigenvalue weighted by Gasteiger charge is 2.47. The number of alkyl halides is 4. The van der Waals surface area contributed by atoms with Crippen LogP contribution >= 0.6 is 0 Å². The Labute approximate surface area is 170 Å². The molecule has 0 bridgehead atoms. The molecule has 172 valence electrons. The molecule has 8 heteroatoms. The molecule has 0 radical (unpaired) electrons. The molecular weight excluding hydrogens is 392 g/mol. The van der Waals surface area contributed by atoms with Gasteiger partial charge in [-0.1, -0.05) is 26.7 Å². The molecular formula is C21H36F4O4. The Morgan fingerprint density at radius 2 is 1.21 bits per heavy atom. The Morgan fingerprint density at radius 3 is 1.69 bits per heavy atom. The molecule has 0 aliphatic heterocycles. The number of hydrogen-bond donors (Lipinski definition) is 0. The quantitative estimate of drug-likeness (QED) is 0.504. The molecule has 29 heavy (non-hydrogen) atoms. The lowest BCUT2D eigenvalue weighted by Gasteiger charge is -2.40. The molecule has 3 fully saturated rings. The molecule has 3 aliphatic rings. The van der Waals surface area contributed by atoms with Crippen LogP contribution in [0.15, 0.2) is 0 Å². The Hall–Kier alpha value is -0.890. The largest absolute Gasteiger partial charge is 0.462 e. The van der Waals surface area contributed by atoms with Crippen LogP contribution in [-0.2, 0) is 9.53 Å². The SMILES string of the molecule is CC1CCC(C2CC(F)C(C(=O)OC3CC(F)C(C)C(F)C3)C(F)C2)CC1.O.O. The van der Waals surface area contributed by atoms with Crippen molar-refractivity contribution in [2.75, 3.05) is 0 Å². The van der Waals surface area contributed by atoms with Gasteiger partial charge in [-0.05, 0) is 43.4 Å². The number of rotatable bonds is 3. The maximum absolute atomic E-state index is 14.7. The second-order valence-electron chi connectivity index (χ2n) is 9.23. The van der Waals surface area contributed by atoms with Crippen molar-refractivity contribution in [3.05, 3.63) is 0 Å². The van der Waals surface area contributed by atoms with Crippen molar-refractivity contribution >= 4 is 5.97 Å². The third-order valence-corrected chi connectivity index (χ3v) is 7.23. The highest BCUT2D eigenvalue weighted by atomic mass is 19.2. The summed E-state index contributed by atoms with van der Waals surface area (Å²) in [6, 6.07) is 0. The van der Waals surface area contributed by atoms with Crippen LogP contribution in [0, 0.1) is 29.6 Å². The first-order chi connectivity index (χ1) is 12.8. The zero-order valence-corrected chi connectivity index (χ0v) is 17.3. The van der Waals surface area contributed by atoms with Crippen molar-refractivity contribution in [1.29, 1.82) is 0 Å². The van der Waals surface area contributed by atoms with Gasteiger partial charge in [-0.15, -0.1) is 0 Å². The summed E-state index contributed by atoms with van der Waals surface area (Å²) in [7, 11) is 0. The summed E-state index contributed by atoms with van der Waals surface area (Å²) in [5.74, 6) is -2.20. The van der Waals surface area contributed by atoms with Gasteiger partial charge < -0.3 is 15.7 Å². The van der Waals surface area contributed by atoms with Crippen LogP contribution < -0.4 is 0 Å². The van der Waals surface area contributed by atoms with Crippen molar-refractivity contribution in [3.8, 4) is 0 Å². The van der Waals surface area contributed by atoms with Gasteiger partial charge in [-0.3, -0.25) is 4.79 Å². The van der Waals surface area contributed by atoms with Crippen molar-refractivity contribution in [2.45, 2.75) is 96.0 Å². The maximum atomic E-state index is 14.7. The van der Waals surface area contributed by atoms with Crippen molar-refractivity contribution in [3.63, 3.8) is 0 Å². The van der Waals surface area contributed by atoms with Gasteiger partial charge in [0.25, 0.3) is 0 Å². The summed E-state index contributed by atoms with van der Waals surface area (Å²) in [5, 5.41) is 0. The summed E-state index contributed by atoms with van der Waals surface area (Å²) < 4.78 is 62.2. The Balaban J connectivity index is 0.00000210. The average molecular weight is 429 g/mol. The standard InChI is InChI=1S/C21H32F4O2.2H2O/c1-11-3-5-13(6-4-11)14-7-18(24)20(19(25)8-14)21(26)27-15-9-16(22)12(2)17(23)10-15;;/h11-20H,3-10H2,1-2H3;2*1H2. The molecule has 0 aromatic heterocycles. The number of hydrogen-bond acceptors (Lipinski definition) is 2. The molecule has 0 aromatic carbocycles. The second kappa shape index (κ2) is 10.9. The molecule has 0 amide bonds. The molecule has 0 aromatic rings. The van der Waals surface area contributed by atoms with E-state index in [1.54, 1.807) is 0 Å². The Morgan fingerprint density at radius 1 is 0.724 bits per heavy atom. The predicted octanol–water partition coefficient (Wildman–Crippen LogP) is 3.88. The molecule has 4 N–H and O–H groups in total. The first kappa shape index (κ1) is 26.1. The predicted molar refractivity (Wildman–Crippen MR) is 102 cm³/mol. The van der Waals surface area contributed by atoms with Gasteiger partial charge in [-0.2, -0.15) is 0 Å². The van der Waals surface area contributed by atoms with Crippen molar-refractivity contribution < 1.29 is 38.0 Å². The lowest BCUT2D eigenvalue weighted by Crippen LogP contribution is -2.46. The van der Waals surface area contributed by atoms with E-state index in [9.17, 15) is 22.4 Å². The van der Waals surface area contributed by atoms with E-state index in [1.165, 1.54) is 6.92 Å². The fourth-order valence-electron chi connectivity index (χ4n) is 5.23. The van der Waals surface area contributed by atoms with Crippen LogP contribution in [0.2, 0.25) is 0 Å². The van der Waals surface area contributed by atoms with Crippen molar-refractivity contribution in [1.82, 2.24) is 0 Å². The van der Waals surface area contributed by atoms with Gasteiger partial charge in [-0.25, -0.2) is 17.6 Å². The molecule has 0 saturated heterocycles. The Bertz CT molecular complexity index is 491. The smallest absolute Gasteiger partial charge is 0.315 e. The van der Waals surface area contributed by atoms with E-state index < -0.39 is 48.6 Å². The molecule has 0 spiro atoms. The lowest BCUT2D eigenvalue weighted by molar-refractivity contribution is -0.167. The van der Waals surface area contributed by atoms with Gasteiger partial charge >= 0.3 is 5.97 Å². The monoisotopic (exact) mass is 428 g/mol. The van der Waals surface area contributed by atoms with E-state index in [0.717, 1.165) is 25.7 Å². The molecule has 4 atom stereocenters. The minimum atomic E-state index is -1.59. The molecule has 4 unspecified atom stereocenters. The average Bonchev–Trinajstić information content (AvgIpc) is 2.59. The lowest BCUT2D eigenvalue weighted by atomic mass is 9.68. The second-order valence-corrected chi connectivity index (χ2v) is 9.23.